The van der Waals surface area contributed by atoms with Crippen LogP contribution in [-0.2, 0) is 12.8 Å². The van der Waals surface area contributed by atoms with Gasteiger partial charge in [-0.15, -0.1) is 10.2 Å². The molecule has 25 heavy (non-hydrogen) atoms. The van der Waals surface area contributed by atoms with Crippen LogP contribution in [0.4, 0.5) is 0 Å². The largest absolute Gasteiger partial charge is 0.493 e. The number of nitrogens with zero attached hydrogens (tertiary/aromatic N) is 3. The summed E-state index contributed by atoms with van der Waals surface area (Å²) in [5, 5.41) is 9.55. The fraction of sp³-hybridized carbons (Fsp3) is 0.263. The minimum atomic E-state index is 0.678. The number of benzene rings is 2. The SMILES string of the molecule is COc1ccc(-c2nnc(SCc3cccc(C)c3)n2C)cc1OC. The standard InChI is InChI=1S/C19H21N3O2S/c1-13-6-5-7-14(10-13)12-25-19-21-20-18(22(19)2)15-8-9-16(23-3)17(11-15)24-4/h5-11H,12H2,1-4H3. The average Bonchev–Trinajstić information content (AvgIpc) is 3.00. The molecule has 0 saturated heterocycles. The van der Waals surface area contributed by atoms with Crippen molar-refractivity contribution in [3.8, 4) is 22.9 Å². The Morgan fingerprint density at radius 2 is 1.80 bits per heavy atom. The van der Waals surface area contributed by atoms with Crippen LogP contribution >= 0.6 is 11.8 Å². The molecule has 1 aromatic heterocycles. The first-order valence-electron chi connectivity index (χ1n) is 7.92. The van der Waals surface area contributed by atoms with E-state index in [4.69, 9.17) is 9.47 Å². The summed E-state index contributed by atoms with van der Waals surface area (Å²) in [6.45, 7) is 2.10. The molecule has 0 atom stereocenters. The van der Waals surface area contributed by atoms with Crippen LogP contribution in [-0.4, -0.2) is 29.0 Å². The Kier molecular flexibility index (Phi) is 5.28. The van der Waals surface area contributed by atoms with E-state index >= 15 is 0 Å². The maximum absolute atomic E-state index is 5.37. The highest BCUT2D eigenvalue weighted by atomic mass is 32.2. The van der Waals surface area contributed by atoms with Gasteiger partial charge >= 0.3 is 0 Å². The third kappa shape index (κ3) is 3.79. The lowest BCUT2D eigenvalue weighted by Gasteiger charge is -2.09. The minimum absolute atomic E-state index is 0.678. The zero-order valence-electron chi connectivity index (χ0n) is 14.8. The van der Waals surface area contributed by atoms with Crippen molar-refractivity contribution < 1.29 is 9.47 Å². The maximum Gasteiger partial charge on any atom is 0.191 e. The van der Waals surface area contributed by atoms with E-state index in [0.717, 1.165) is 22.3 Å². The van der Waals surface area contributed by atoms with Crippen LogP contribution in [0.5, 0.6) is 11.5 Å². The number of rotatable bonds is 6. The molecule has 130 valence electrons. The molecule has 1 heterocycles. The number of hydrogen-bond acceptors (Lipinski definition) is 5. The van der Waals surface area contributed by atoms with Crippen molar-refractivity contribution in [1.82, 2.24) is 14.8 Å². The highest BCUT2D eigenvalue weighted by Crippen LogP contribution is 2.32. The van der Waals surface area contributed by atoms with Crippen molar-refractivity contribution in [1.29, 1.82) is 0 Å². The second-order valence-corrected chi connectivity index (χ2v) is 6.66. The normalized spacial score (nSPS) is 10.7. The molecule has 0 bridgehead atoms. The van der Waals surface area contributed by atoms with Crippen molar-refractivity contribution in [2.24, 2.45) is 7.05 Å². The Morgan fingerprint density at radius 1 is 1.00 bits per heavy atom. The van der Waals surface area contributed by atoms with Crippen LogP contribution in [0.2, 0.25) is 0 Å². The van der Waals surface area contributed by atoms with Gasteiger partial charge in [0.15, 0.2) is 22.5 Å². The monoisotopic (exact) mass is 355 g/mol. The number of methoxy groups -OCH3 is 2. The van der Waals surface area contributed by atoms with Crippen molar-refractivity contribution >= 4 is 11.8 Å². The summed E-state index contributed by atoms with van der Waals surface area (Å²) in [6, 6.07) is 14.3. The van der Waals surface area contributed by atoms with Crippen LogP contribution in [0.1, 0.15) is 11.1 Å². The number of aryl methyl sites for hydroxylation is 1. The maximum atomic E-state index is 5.37. The molecule has 0 unspecified atom stereocenters. The Morgan fingerprint density at radius 3 is 2.52 bits per heavy atom. The number of thioether (sulfide) groups is 1. The number of hydrogen-bond donors (Lipinski definition) is 0. The first-order valence-corrected chi connectivity index (χ1v) is 8.91. The molecule has 0 radical (unpaired) electrons. The van der Waals surface area contributed by atoms with E-state index in [1.54, 1.807) is 26.0 Å². The number of aromatic nitrogens is 3. The third-order valence-electron chi connectivity index (χ3n) is 3.93. The predicted octanol–water partition coefficient (Wildman–Crippen LogP) is 4.10. The van der Waals surface area contributed by atoms with Crippen molar-refractivity contribution in [2.75, 3.05) is 14.2 Å². The van der Waals surface area contributed by atoms with E-state index in [0.29, 0.717) is 11.5 Å². The first-order chi connectivity index (χ1) is 12.1. The van der Waals surface area contributed by atoms with Gasteiger partial charge in [-0.1, -0.05) is 41.6 Å². The van der Waals surface area contributed by atoms with E-state index in [1.807, 2.05) is 29.8 Å². The predicted molar refractivity (Wildman–Crippen MR) is 100 cm³/mol. The molecule has 6 heteroatoms. The van der Waals surface area contributed by atoms with Crippen LogP contribution in [0, 0.1) is 6.92 Å². The molecule has 3 aromatic rings. The van der Waals surface area contributed by atoms with Gasteiger partial charge < -0.3 is 14.0 Å². The fourth-order valence-corrected chi connectivity index (χ4v) is 3.47. The summed E-state index contributed by atoms with van der Waals surface area (Å²) in [7, 11) is 5.23. The second kappa shape index (κ2) is 7.61. The summed E-state index contributed by atoms with van der Waals surface area (Å²) in [5.41, 5.74) is 3.48. The molecule has 0 N–H and O–H groups in total. The van der Waals surface area contributed by atoms with Gasteiger partial charge in [0.1, 0.15) is 0 Å². The van der Waals surface area contributed by atoms with E-state index in [-0.39, 0.29) is 0 Å². The van der Waals surface area contributed by atoms with Gasteiger partial charge in [-0.25, -0.2) is 0 Å². The fourth-order valence-electron chi connectivity index (χ4n) is 2.62. The van der Waals surface area contributed by atoms with Gasteiger partial charge in [0.05, 0.1) is 14.2 Å². The summed E-state index contributed by atoms with van der Waals surface area (Å²) < 4.78 is 12.7. The van der Waals surface area contributed by atoms with E-state index in [1.165, 1.54) is 11.1 Å². The zero-order valence-corrected chi connectivity index (χ0v) is 15.6. The lowest BCUT2D eigenvalue weighted by molar-refractivity contribution is 0.355. The Hall–Kier alpha value is -2.47. The Bertz CT molecular complexity index is 877. The smallest absolute Gasteiger partial charge is 0.191 e. The Labute approximate surface area is 152 Å². The highest BCUT2D eigenvalue weighted by molar-refractivity contribution is 7.98. The molecule has 0 spiro atoms. The molecule has 0 aliphatic rings. The van der Waals surface area contributed by atoms with Gasteiger partial charge in [-0.05, 0) is 30.7 Å². The highest BCUT2D eigenvalue weighted by Gasteiger charge is 2.14. The van der Waals surface area contributed by atoms with E-state index in [9.17, 15) is 0 Å². The lowest BCUT2D eigenvalue weighted by atomic mass is 10.2. The van der Waals surface area contributed by atoms with Crippen molar-refractivity contribution in [3.05, 3.63) is 53.6 Å². The third-order valence-corrected chi connectivity index (χ3v) is 5.02. The average molecular weight is 355 g/mol. The van der Waals surface area contributed by atoms with Crippen LogP contribution in [0.25, 0.3) is 11.4 Å². The van der Waals surface area contributed by atoms with Gasteiger partial charge in [0.2, 0.25) is 0 Å². The number of ether oxygens (including phenoxy) is 2. The molecule has 2 aromatic carbocycles. The van der Waals surface area contributed by atoms with Crippen LogP contribution < -0.4 is 9.47 Å². The molecule has 0 aliphatic carbocycles. The molecular weight excluding hydrogens is 334 g/mol. The summed E-state index contributed by atoms with van der Waals surface area (Å²) in [5.74, 6) is 3.03. The summed E-state index contributed by atoms with van der Waals surface area (Å²) >= 11 is 1.68. The lowest BCUT2D eigenvalue weighted by Crippen LogP contribution is -1.96. The van der Waals surface area contributed by atoms with E-state index in [2.05, 4.69) is 41.4 Å². The molecule has 3 rings (SSSR count). The van der Waals surface area contributed by atoms with Gasteiger partial charge in [0.25, 0.3) is 0 Å². The van der Waals surface area contributed by atoms with Crippen molar-refractivity contribution in [2.45, 2.75) is 17.8 Å². The van der Waals surface area contributed by atoms with Crippen molar-refractivity contribution in [3.63, 3.8) is 0 Å². The summed E-state index contributed by atoms with van der Waals surface area (Å²) in [4.78, 5) is 0. The minimum Gasteiger partial charge on any atom is -0.493 e. The molecule has 0 fully saturated rings. The molecule has 0 saturated carbocycles. The molecule has 0 amide bonds. The van der Waals surface area contributed by atoms with Gasteiger partial charge in [0, 0.05) is 18.4 Å². The Balaban J connectivity index is 1.81. The van der Waals surface area contributed by atoms with Gasteiger partial charge in [-0.2, -0.15) is 0 Å². The second-order valence-electron chi connectivity index (χ2n) is 5.71. The van der Waals surface area contributed by atoms with Crippen LogP contribution in [0.15, 0.2) is 47.6 Å². The summed E-state index contributed by atoms with van der Waals surface area (Å²) in [6.07, 6.45) is 0. The van der Waals surface area contributed by atoms with E-state index < -0.39 is 0 Å². The molecule has 0 aliphatic heterocycles. The topological polar surface area (TPSA) is 49.2 Å². The quantitative estimate of drug-likeness (QED) is 0.623. The zero-order chi connectivity index (χ0) is 17.8. The first kappa shape index (κ1) is 17.4. The molecular formula is C19H21N3O2S. The van der Waals surface area contributed by atoms with Gasteiger partial charge in [-0.3, -0.25) is 0 Å². The molecule has 5 nitrogen and oxygen atoms in total. The van der Waals surface area contributed by atoms with Crippen LogP contribution in [0.3, 0.4) is 0 Å².